The van der Waals surface area contributed by atoms with Crippen LogP contribution in [0.3, 0.4) is 0 Å². The Morgan fingerprint density at radius 1 is 1.23 bits per heavy atom. The van der Waals surface area contributed by atoms with Gasteiger partial charge in [0.05, 0.1) is 25.3 Å². The zero-order chi connectivity index (χ0) is 18.7. The number of methoxy groups -OCH3 is 2. The van der Waals surface area contributed by atoms with E-state index in [0.29, 0.717) is 17.3 Å². The Kier molecular flexibility index (Phi) is 5.20. The first kappa shape index (κ1) is 18.3. The normalized spacial score (nSPS) is 14.8. The van der Waals surface area contributed by atoms with E-state index in [2.05, 4.69) is 12.1 Å². The summed E-state index contributed by atoms with van der Waals surface area (Å²) in [6.45, 7) is 2.90. The van der Waals surface area contributed by atoms with Crippen LogP contribution in [0.4, 0.5) is 0 Å². The molecule has 1 heterocycles. The molecule has 3 rings (SSSR count). The fourth-order valence-electron chi connectivity index (χ4n) is 3.19. The third-order valence-electron chi connectivity index (χ3n) is 5.02. The van der Waals surface area contributed by atoms with Crippen molar-refractivity contribution in [3.05, 3.63) is 30.0 Å². The van der Waals surface area contributed by atoms with Gasteiger partial charge in [0.15, 0.2) is 17.3 Å². The maximum absolute atomic E-state index is 12.9. The second-order valence-electron chi connectivity index (χ2n) is 6.81. The van der Waals surface area contributed by atoms with E-state index >= 15 is 0 Å². The number of hydrogen-bond donors (Lipinski definition) is 0. The predicted molar refractivity (Wildman–Crippen MR) is 98.5 cm³/mol. The average molecular weight is 358 g/mol. The molecule has 0 bridgehead atoms. The van der Waals surface area contributed by atoms with E-state index in [9.17, 15) is 4.79 Å². The van der Waals surface area contributed by atoms with Gasteiger partial charge in [0.1, 0.15) is 0 Å². The molecule has 0 saturated heterocycles. The van der Waals surface area contributed by atoms with Crippen LogP contribution < -0.4 is 9.47 Å². The lowest BCUT2D eigenvalue weighted by Gasteiger charge is -2.21. The molecular weight excluding hydrogens is 332 g/mol. The highest BCUT2D eigenvalue weighted by atomic mass is 16.5. The summed E-state index contributed by atoms with van der Waals surface area (Å²) in [6, 6.07) is 7.44. The van der Waals surface area contributed by atoms with E-state index in [1.807, 2.05) is 36.2 Å². The van der Waals surface area contributed by atoms with Gasteiger partial charge in [-0.25, -0.2) is 0 Å². The first-order valence-electron chi connectivity index (χ1n) is 9.01. The van der Waals surface area contributed by atoms with Gasteiger partial charge in [-0.2, -0.15) is 0 Å². The second kappa shape index (κ2) is 7.40. The van der Waals surface area contributed by atoms with Crippen LogP contribution in [0.5, 0.6) is 11.5 Å². The van der Waals surface area contributed by atoms with Crippen LogP contribution in [0.15, 0.2) is 28.8 Å². The Bertz CT molecular complexity index is 780. The number of carbonyl (C=O) groups is 1. The van der Waals surface area contributed by atoms with Gasteiger partial charge in [0, 0.05) is 25.2 Å². The van der Waals surface area contributed by atoms with Crippen molar-refractivity contribution in [2.75, 3.05) is 27.8 Å². The van der Waals surface area contributed by atoms with Gasteiger partial charge < -0.3 is 18.9 Å². The summed E-state index contributed by atoms with van der Waals surface area (Å²) < 4.78 is 16.2. The lowest BCUT2D eigenvalue weighted by molar-refractivity contribution is -0.132. The van der Waals surface area contributed by atoms with Crippen LogP contribution >= 0.6 is 0 Å². The standard InChI is InChI=1S/C20H26N2O4/c1-5-6-11-22(2)19(23)20(9-10-20)18-13-16(26-21-18)14-7-8-15(24-3)17(12-14)25-4/h7-8,12-13H,5-6,9-11H2,1-4H3. The number of amides is 1. The van der Waals surface area contributed by atoms with Crippen molar-refractivity contribution >= 4 is 5.91 Å². The van der Waals surface area contributed by atoms with Crippen molar-refractivity contribution in [3.63, 3.8) is 0 Å². The molecule has 6 heteroatoms. The van der Waals surface area contributed by atoms with Crippen LogP contribution in [0.2, 0.25) is 0 Å². The molecule has 140 valence electrons. The Morgan fingerprint density at radius 3 is 2.58 bits per heavy atom. The van der Waals surface area contributed by atoms with Gasteiger partial charge in [0.25, 0.3) is 0 Å². The number of nitrogens with zero attached hydrogens (tertiary/aromatic N) is 2. The van der Waals surface area contributed by atoms with Crippen LogP contribution in [0.25, 0.3) is 11.3 Å². The number of aromatic nitrogens is 1. The molecule has 26 heavy (non-hydrogen) atoms. The highest BCUT2D eigenvalue weighted by molar-refractivity contribution is 5.90. The topological polar surface area (TPSA) is 64.8 Å². The van der Waals surface area contributed by atoms with Gasteiger partial charge in [0.2, 0.25) is 5.91 Å². The fourth-order valence-corrected chi connectivity index (χ4v) is 3.19. The number of carbonyl (C=O) groups excluding carboxylic acids is 1. The Labute approximate surface area is 154 Å². The Balaban J connectivity index is 1.83. The maximum Gasteiger partial charge on any atom is 0.234 e. The number of ether oxygens (including phenoxy) is 2. The molecular formula is C20H26N2O4. The summed E-state index contributed by atoms with van der Waals surface area (Å²) in [5.41, 5.74) is 1.04. The average Bonchev–Trinajstić information content (AvgIpc) is 3.34. The fraction of sp³-hybridized carbons (Fsp3) is 0.500. The molecule has 6 nitrogen and oxygen atoms in total. The van der Waals surface area contributed by atoms with Crippen molar-refractivity contribution in [1.29, 1.82) is 0 Å². The van der Waals surface area contributed by atoms with Gasteiger partial charge in [-0.05, 0) is 37.5 Å². The minimum atomic E-state index is -0.513. The molecule has 1 amide bonds. The summed E-state index contributed by atoms with van der Waals surface area (Å²) in [4.78, 5) is 14.7. The van der Waals surface area contributed by atoms with Crippen LogP contribution in [0.1, 0.15) is 38.3 Å². The summed E-state index contributed by atoms with van der Waals surface area (Å²) in [6.07, 6.45) is 3.71. The molecule has 1 aromatic carbocycles. The molecule has 0 spiro atoms. The first-order valence-corrected chi connectivity index (χ1v) is 9.01. The van der Waals surface area contributed by atoms with E-state index in [-0.39, 0.29) is 5.91 Å². The highest BCUT2D eigenvalue weighted by Gasteiger charge is 2.54. The number of likely N-dealkylation sites (N-methyl/N-ethyl adjacent to an activating group) is 1. The van der Waals surface area contributed by atoms with E-state index in [1.54, 1.807) is 14.2 Å². The van der Waals surface area contributed by atoms with E-state index in [4.69, 9.17) is 14.0 Å². The minimum absolute atomic E-state index is 0.137. The van der Waals surface area contributed by atoms with Gasteiger partial charge in [-0.1, -0.05) is 18.5 Å². The van der Waals surface area contributed by atoms with Crippen molar-refractivity contribution in [2.45, 2.75) is 38.0 Å². The quantitative estimate of drug-likeness (QED) is 0.721. The van der Waals surface area contributed by atoms with Crippen LogP contribution in [-0.2, 0) is 10.2 Å². The third kappa shape index (κ3) is 3.28. The predicted octanol–water partition coefficient (Wildman–Crippen LogP) is 3.65. The Morgan fingerprint density at radius 2 is 1.96 bits per heavy atom. The lowest BCUT2D eigenvalue weighted by atomic mass is 9.99. The van der Waals surface area contributed by atoms with Crippen molar-refractivity contribution in [1.82, 2.24) is 10.1 Å². The van der Waals surface area contributed by atoms with E-state index in [0.717, 1.165) is 43.5 Å². The molecule has 1 saturated carbocycles. The smallest absolute Gasteiger partial charge is 0.234 e. The highest BCUT2D eigenvalue weighted by Crippen LogP contribution is 2.49. The summed E-state index contributed by atoms with van der Waals surface area (Å²) in [5, 5.41) is 4.21. The molecule has 1 aliphatic rings. The van der Waals surface area contributed by atoms with Crippen LogP contribution in [-0.4, -0.2) is 43.8 Å². The molecule has 2 aromatic rings. The molecule has 1 fully saturated rings. The summed E-state index contributed by atoms with van der Waals surface area (Å²) in [7, 11) is 5.06. The Hall–Kier alpha value is -2.50. The van der Waals surface area contributed by atoms with Gasteiger partial charge in [-0.3, -0.25) is 4.79 Å². The zero-order valence-electron chi connectivity index (χ0n) is 15.9. The number of rotatable bonds is 8. The van der Waals surface area contributed by atoms with Crippen molar-refractivity contribution in [3.8, 4) is 22.8 Å². The molecule has 0 unspecified atom stereocenters. The second-order valence-corrected chi connectivity index (χ2v) is 6.81. The largest absolute Gasteiger partial charge is 0.493 e. The number of hydrogen-bond acceptors (Lipinski definition) is 5. The maximum atomic E-state index is 12.9. The molecule has 0 N–H and O–H groups in total. The zero-order valence-corrected chi connectivity index (χ0v) is 15.9. The van der Waals surface area contributed by atoms with Gasteiger partial charge >= 0.3 is 0 Å². The lowest BCUT2D eigenvalue weighted by Crippen LogP contribution is -2.37. The number of benzene rings is 1. The molecule has 1 aromatic heterocycles. The SMILES string of the molecule is CCCCN(C)C(=O)C1(c2cc(-c3ccc(OC)c(OC)c3)on2)CC1. The number of unbranched alkanes of at least 4 members (excludes halogenated alkanes) is 1. The van der Waals surface area contributed by atoms with Crippen LogP contribution in [0, 0.1) is 0 Å². The van der Waals surface area contributed by atoms with E-state index in [1.165, 1.54) is 0 Å². The summed E-state index contributed by atoms with van der Waals surface area (Å²) in [5.74, 6) is 2.04. The first-order chi connectivity index (χ1) is 12.6. The monoisotopic (exact) mass is 358 g/mol. The van der Waals surface area contributed by atoms with E-state index < -0.39 is 5.41 Å². The molecule has 0 atom stereocenters. The van der Waals surface area contributed by atoms with Crippen molar-refractivity contribution < 1.29 is 18.8 Å². The summed E-state index contributed by atoms with van der Waals surface area (Å²) >= 11 is 0. The van der Waals surface area contributed by atoms with Gasteiger partial charge in [-0.15, -0.1) is 0 Å². The molecule has 1 aliphatic carbocycles. The minimum Gasteiger partial charge on any atom is -0.493 e. The third-order valence-corrected chi connectivity index (χ3v) is 5.02. The van der Waals surface area contributed by atoms with Crippen molar-refractivity contribution in [2.24, 2.45) is 0 Å². The molecule has 0 aliphatic heterocycles. The molecule has 0 radical (unpaired) electrons.